The third-order valence-corrected chi connectivity index (χ3v) is 3.74. The number of rotatable bonds is 1. The standard InChI is InChI=1S/C15H10BrClO/c16-9-11-7-10-3-1-2-4-14(10)18-15-6-5-12(17)8-13(11)15/h1-8H,9H2. The van der Waals surface area contributed by atoms with Crippen molar-refractivity contribution >= 4 is 39.2 Å². The first kappa shape index (κ1) is 11.8. The molecule has 2 aromatic carbocycles. The van der Waals surface area contributed by atoms with Crippen molar-refractivity contribution in [3.05, 3.63) is 58.6 Å². The number of halogens is 2. The van der Waals surface area contributed by atoms with E-state index in [-0.39, 0.29) is 0 Å². The summed E-state index contributed by atoms with van der Waals surface area (Å²) in [6.45, 7) is 0. The second-order valence-corrected chi connectivity index (χ2v) is 5.08. The van der Waals surface area contributed by atoms with Gasteiger partial charge in [0.15, 0.2) is 0 Å². The Balaban J connectivity index is 2.24. The van der Waals surface area contributed by atoms with Crippen molar-refractivity contribution in [2.24, 2.45) is 0 Å². The van der Waals surface area contributed by atoms with Crippen LogP contribution in [0, 0.1) is 0 Å². The third kappa shape index (κ3) is 2.06. The van der Waals surface area contributed by atoms with E-state index in [0.717, 1.165) is 38.6 Å². The van der Waals surface area contributed by atoms with Crippen molar-refractivity contribution in [3.63, 3.8) is 0 Å². The molecule has 0 saturated heterocycles. The molecule has 1 nitrogen and oxygen atoms in total. The van der Waals surface area contributed by atoms with Gasteiger partial charge in [0, 0.05) is 21.5 Å². The van der Waals surface area contributed by atoms with Crippen LogP contribution in [0.3, 0.4) is 0 Å². The molecule has 1 aliphatic heterocycles. The summed E-state index contributed by atoms with van der Waals surface area (Å²) in [6, 6.07) is 13.7. The van der Waals surface area contributed by atoms with Crippen LogP contribution in [0.25, 0.3) is 11.6 Å². The fourth-order valence-electron chi connectivity index (χ4n) is 2.03. The van der Waals surface area contributed by atoms with Crippen LogP contribution in [0.1, 0.15) is 11.1 Å². The topological polar surface area (TPSA) is 9.23 Å². The fraction of sp³-hybridized carbons (Fsp3) is 0.0667. The fourth-order valence-corrected chi connectivity index (χ4v) is 2.67. The highest BCUT2D eigenvalue weighted by Crippen LogP contribution is 2.39. The van der Waals surface area contributed by atoms with Gasteiger partial charge in [0.1, 0.15) is 11.5 Å². The lowest BCUT2D eigenvalue weighted by atomic mass is 10.0. The van der Waals surface area contributed by atoms with E-state index in [1.165, 1.54) is 0 Å². The predicted octanol–water partition coefficient (Wildman–Crippen LogP) is 5.38. The number of para-hydroxylation sites is 1. The highest BCUT2D eigenvalue weighted by atomic mass is 79.9. The first-order chi connectivity index (χ1) is 8.78. The summed E-state index contributed by atoms with van der Waals surface area (Å²) in [7, 11) is 0. The molecule has 1 aliphatic rings. The smallest absolute Gasteiger partial charge is 0.135 e. The lowest BCUT2D eigenvalue weighted by molar-refractivity contribution is 0.481. The van der Waals surface area contributed by atoms with E-state index in [1.54, 1.807) is 0 Å². The second-order valence-electron chi connectivity index (χ2n) is 4.08. The Hall–Kier alpha value is -1.25. The van der Waals surface area contributed by atoms with Gasteiger partial charge in [-0.25, -0.2) is 0 Å². The molecule has 0 aliphatic carbocycles. The van der Waals surface area contributed by atoms with Crippen LogP contribution in [-0.4, -0.2) is 5.33 Å². The van der Waals surface area contributed by atoms with E-state index >= 15 is 0 Å². The molecule has 0 N–H and O–H groups in total. The van der Waals surface area contributed by atoms with Crippen LogP contribution in [0.2, 0.25) is 5.02 Å². The largest absolute Gasteiger partial charge is 0.456 e. The Labute approximate surface area is 119 Å². The zero-order chi connectivity index (χ0) is 12.5. The zero-order valence-corrected chi connectivity index (χ0v) is 11.8. The Morgan fingerprint density at radius 1 is 1.06 bits per heavy atom. The number of hydrogen-bond donors (Lipinski definition) is 0. The summed E-state index contributed by atoms with van der Waals surface area (Å²) >= 11 is 9.59. The molecular weight excluding hydrogens is 312 g/mol. The summed E-state index contributed by atoms with van der Waals surface area (Å²) in [5.74, 6) is 1.71. The Bertz CT molecular complexity index is 634. The van der Waals surface area contributed by atoms with Crippen LogP contribution in [0.15, 0.2) is 42.5 Å². The van der Waals surface area contributed by atoms with Gasteiger partial charge in [0.2, 0.25) is 0 Å². The van der Waals surface area contributed by atoms with E-state index < -0.39 is 0 Å². The first-order valence-electron chi connectivity index (χ1n) is 5.61. The van der Waals surface area contributed by atoms with Crippen LogP contribution in [-0.2, 0) is 0 Å². The molecule has 18 heavy (non-hydrogen) atoms. The van der Waals surface area contributed by atoms with Crippen LogP contribution in [0.4, 0.5) is 0 Å². The summed E-state index contributed by atoms with van der Waals surface area (Å²) in [5.41, 5.74) is 3.28. The predicted molar refractivity (Wildman–Crippen MR) is 79.6 cm³/mol. The van der Waals surface area contributed by atoms with E-state index in [0.29, 0.717) is 0 Å². The molecule has 1 heterocycles. The molecule has 0 fully saturated rings. The molecule has 0 aromatic heterocycles. The summed E-state index contributed by atoms with van der Waals surface area (Å²) in [4.78, 5) is 0. The molecule has 0 atom stereocenters. The van der Waals surface area contributed by atoms with Gasteiger partial charge in [-0.1, -0.05) is 45.7 Å². The van der Waals surface area contributed by atoms with Crippen molar-refractivity contribution in [2.45, 2.75) is 0 Å². The first-order valence-corrected chi connectivity index (χ1v) is 7.11. The molecule has 90 valence electrons. The monoisotopic (exact) mass is 320 g/mol. The number of benzene rings is 2. The van der Waals surface area contributed by atoms with Gasteiger partial charge < -0.3 is 4.74 Å². The minimum absolute atomic E-state index is 0.718. The summed E-state index contributed by atoms with van der Waals surface area (Å²) < 4.78 is 5.96. The molecular formula is C15H10BrClO. The lowest BCUT2D eigenvalue weighted by Crippen LogP contribution is -1.89. The number of allylic oxidation sites excluding steroid dienone is 1. The minimum atomic E-state index is 0.718. The molecule has 2 aromatic rings. The van der Waals surface area contributed by atoms with E-state index in [4.69, 9.17) is 16.3 Å². The number of fused-ring (bicyclic) bond motifs is 2. The van der Waals surface area contributed by atoms with Crippen molar-refractivity contribution in [1.82, 2.24) is 0 Å². The number of alkyl halides is 1. The van der Waals surface area contributed by atoms with Crippen LogP contribution >= 0.6 is 27.5 Å². The molecule has 0 spiro atoms. The maximum Gasteiger partial charge on any atom is 0.135 e. The van der Waals surface area contributed by atoms with Gasteiger partial charge in [-0.3, -0.25) is 0 Å². The van der Waals surface area contributed by atoms with Crippen molar-refractivity contribution < 1.29 is 4.74 Å². The maximum atomic E-state index is 6.07. The van der Waals surface area contributed by atoms with E-state index in [9.17, 15) is 0 Å². The van der Waals surface area contributed by atoms with Crippen molar-refractivity contribution in [1.29, 1.82) is 0 Å². The van der Waals surface area contributed by atoms with Gasteiger partial charge in [-0.2, -0.15) is 0 Å². The van der Waals surface area contributed by atoms with E-state index in [1.807, 2.05) is 42.5 Å². The lowest BCUT2D eigenvalue weighted by Gasteiger charge is -2.10. The van der Waals surface area contributed by atoms with Gasteiger partial charge in [-0.05, 0) is 35.9 Å². The zero-order valence-electron chi connectivity index (χ0n) is 9.49. The molecule has 0 unspecified atom stereocenters. The molecule has 0 amide bonds. The van der Waals surface area contributed by atoms with Crippen LogP contribution in [0.5, 0.6) is 11.5 Å². The normalized spacial score (nSPS) is 12.9. The van der Waals surface area contributed by atoms with E-state index in [2.05, 4.69) is 22.0 Å². The Kier molecular flexibility index (Phi) is 3.14. The molecule has 0 saturated carbocycles. The quantitative estimate of drug-likeness (QED) is 0.641. The summed E-state index contributed by atoms with van der Waals surface area (Å²) in [6.07, 6.45) is 2.13. The van der Waals surface area contributed by atoms with Crippen LogP contribution < -0.4 is 4.74 Å². The maximum absolute atomic E-state index is 6.07. The number of ether oxygens (including phenoxy) is 1. The molecule has 3 rings (SSSR count). The van der Waals surface area contributed by atoms with Gasteiger partial charge in [0.05, 0.1) is 0 Å². The van der Waals surface area contributed by atoms with Gasteiger partial charge in [-0.15, -0.1) is 0 Å². The van der Waals surface area contributed by atoms with Crippen molar-refractivity contribution in [3.8, 4) is 11.5 Å². The Morgan fingerprint density at radius 2 is 1.89 bits per heavy atom. The molecule has 0 bridgehead atoms. The third-order valence-electron chi connectivity index (χ3n) is 2.90. The second kappa shape index (κ2) is 4.79. The summed E-state index contributed by atoms with van der Waals surface area (Å²) in [5, 5.41) is 1.48. The van der Waals surface area contributed by atoms with Crippen molar-refractivity contribution in [2.75, 3.05) is 5.33 Å². The molecule has 3 heteroatoms. The SMILES string of the molecule is Clc1ccc2c(c1)C(CBr)=Cc1ccccc1O2. The van der Waals surface area contributed by atoms with Gasteiger partial charge in [0.25, 0.3) is 0 Å². The minimum Gasteiger partial charge on any atom is -0.456 e. The number of hydrogen-bond acceptors (Lipinski definition) is 1. The molecule has 0 radical (unpaired) electrons. The average molecular weight is 322 g/mol. The Morgan fingerprint density at radius 3 is 2.72 bits per heavy atom. The highest BCUT2D eigenvalue weighted by molar-refractivity contribution is 9.09. The average Bonchev–Trinajstić information content (AvgIpc) is 2.54. The highest BCUT2D eigenvalue weighted by Gasteiger charge is 2.15. The van der Waals surface area contributed by atoms with Gasteiger partial charge >= 0.3 is 0 Å².